The van der Waals surface area contributed by atoms with Gasteiger partial charge in [0.15, 0.2) is 11.6 Å². The first-order valence-electron chi connectivity index (χ1n) is 10.2. The molecule has 1 aromatic heterocycles. The van der Waals surface area contributed by atoms with Crippen molar-refractivity contribution < 1.29 is 14.2 Å². The van der Waals surface area contributed by atoms with Crippen LogP contribution in [-0.2, 0) is 6.42 Å². The van der Waals surface area contributed by atoms with Gasteiger partial charge in [-0.25, -0.2) is 9.37 Å². The van der Waals surface area contributed by atoms with E-state index in [1.807, 2.05) is 19.9 Å². The van der Waals surface area contributed by atoms with Gasteiger partial charge in [-0.1, -0.05) is 19.9 Å². The maximum absolute atomic E-state index is 13.9. The largest absolute Gasteiger partial charge is 0.482 e. The lowest BCUT2D eigenvalue weighted by Crippen LogP contribution is -2.29. The number of benzene rings is 1. The zero-order valence-electron chi connectivity index (χ0n) is 18.2. The molecule has 7 nitrogen and oxygen atoms in total. The van der Waals surface area contributed by atoms with E-state index in [2.05, 4.69) is 10.3 Å². The molecule has 0 saturated carbocycles. The summed E-state index contributed by atoms with van der Waals surface area (Å²) in [5, 5.41) is 31.4. The fourth-order valence-corrected chi connectivity index (χ4v) is 3.39. The first-order valence-corrected chi connectivity index (χ1v) is 10.2. The Morgan fingerprint density at radius 2 is 2.13 bits per heavy atom. The molecule has 1 aromatic carbocycles. The van der Waals surface area contributed by atoms with Crippen molar-refractivity contribution >= 4 is 23.9 Å². The number of nitrogens with two attached hydrogens (primary N) is 1. The predicted molar refractivity (Wildman–Crippen MR) is 121 cm³/mol. The Hall–Kier alpha value is -3.38. The number of aromatic nitrogens is 1. The van der Waals surface area contributed by atoms with E-state index < -0.39 is 18.8 Å². The molecule has 1 atom stereocenters. The van der Waals surface area contributed by atoms with Gasteiger partial charge in [-0.2, -0.15) is 5.26 Å². The van der Waals surface area contributed by atoms with Crippen LogP contribution in [-0.4, -0.2) is 29.6 Å². The molecule has 1 unspecified atom stereocenters. The molecule has 0 aliphatic carbocycles. The van der Waals surface area contributed by atoms with Crippen LogP contribution in [0.25, 0.3) is 5.57 Å². The maximum atomic E-state index is 13.9. The third-order valence-electron chi connectivity index (χ3n) is 4.92. The number of fused-ring (bicyclic) bond motifs is 3. The molecule has 0 amide bonds. The Morgan fingerprint density at radius 1 is 1.42 bits per heavy atom. The third kappa shape index (κ3) is 5.22. The lowest BCUT2D eigenvalue weighted by molar-refractivity contribution is 0.226. The summed E-state index contributed by atoms with van der Waals surface area (Å²) in [5.74, 6) is -0.0127. The van der Waals surface area contributed by atoms with Gasteiger partial charge in [0.1, 0.15) is 23.7 Å². The van der Waals surface area contributed by atoms with Crippen molar-refractivity contribution in [2.75, 3.05) is 12.8 Å². The number of aryl methyl sites for hydroxylation is 1. The highest BCUT2D eigenvalue weighted by molar-refractivity contribution is 6.92. The van der Waals surface area contributed by atoms with E-state index in [1.54, 1.807) is 26.1 Å². The Kier molecular flexibility index (Phi) is 8.17. The number of nitrogen functional groups attached to an aromatic ring is 1. The van der Waals surface area contributed by atoms with Crippen LogP contribution in [0.2, 0.25) is 6.32 Å². The first-order chi connectivity index (χ1) is 14.8. The summed E-state index contributed by atoms with van der Waals surface area (Å²) in [4.78, 5) is 4.13. The van der Waals surface area contributed by atoms with Gasteiger partial charge in [-0.15, -0.1) is 0 Å². The van der Waals surface area contributed by atoms with Crippen molar-refractivity contribution in [2.24, 2.45) is 0 Å². The van der Waals surface area contributed by atoms with E-state index in [1.165, 1.54) is 18.3 Å². The molecule has 2 bridgehead atoms. The Morgan fingerprint density at radius 3 is 2.77 bits per heavy atom. The van der Waals surface area contributed by atoms with Crippen LogP contribution in [0.4, 0.5) is 10.2 Å². The van der Waals surface area contributed by atoms with Gasteiger partial charge in [0.25, 0.3) is 0 Å². The minimum atomic E-state index is -1.13. The molecule has 9 heteroatoms. The molecule has 3 rings (SSSR count). The number of hydrogen-bond donors (Lipinski definition) is 4. The van der Waals surface area contributed by atoms with Gasteiger partial charge < -0.3 is 26.2 Å². The van der Waals surface area contributed by atoms with Crippen molar-refractivity contribution in [3.05, 3.63) is 58.7 Å². The van der Waals surface area contributed by atoms with Crippen LogP contribution in [0.5, 0.6) is 5.75 Å². The van der Waals surface area contributed by atoms with E-state index in [4.69, 9.17) is 15.9 Å². The number of nitrogens with zero attached hydrogens (tertiary/aromatic N) is 2. The lowest BCUT2D eigenvalue weighted by atomic mass is 9.56. The number of nitriles is 1. The fraction of sp³-hybridized carbons (Fsp3) is 0.318. The average molecular weight is 423 g/mol. The zero-order valence-corrected chi connectivity index (χ0v) is 18.2. The normalized spacial score (nSPS) is 17.5. The topological polar surface area (TPSA) is 128 Å². The van der Waals surface area contributed by atoms with Crippen LogP contribution in [0, 0.1) is 22.6 Å². The Labute approximate surface area is 182 Å². The molecule has 0 spiro atoms. The van der Waals surface area contributed by atoms with E-state index in [9.17, 15) is 14.7 Å². The van der Waals surface area contributed by atoms with Crippen LogP contribution in [0.1, 0.15) is 43.6 Å². The molecule has 0 fully saturated rings. The lowest BCUT2D eigenvalue weighted by Gasteiger charge is -2.22. The average Bonchev–Trinajstić information content (AvgIpc) is 2.78. The van der Waals surface area contributed by atoms with E-state index in [0.29, 0.717) is 17.5 Å². The van der Waals surface area contributed by atoms with Crippen molar-refractivity contribution in [3.8, 4) is 11.8 Å². The second-order valence-corrected chi connectivity index (χ2v) is 6.79. The monoisotopic (exact) mass is 423 g/mol. The molecular formula is C22H27BFN5O2. The maximum Gasteiger partial charge on any atom is 0.344 e. The van der Waals surface area contributed by atoms with Gasteiger partial charge >= 0.3 is 6.92 Å². The van der Waals surface area contributed by atoms with E-state index in [0.717, 1.165) is 5.56 Å². The van der Waals surface area contributed by atoms with Crippen molar-refractivity contribution in [1.29, 1.82) is 10.7 Å². The number of nitrogens with one attached hydrogen (secondary N) is 2. The van der Waals surface area contributed by atoms with Crippen LogP contribution < -0.4 is 15.8 Å². The minimum absolute atomic E-state index is 0.120. The molecule has 1 aliphatic rings. The molecule has 5 N–H and O–H groups in total. The molecule has 2 heterocycles. The zero-order chi connectivity index (χ0) is 23.1. The summed E-state index contributed by atoms with van der Waals surface area (Å²) in [6.07, 6.45) is 1.54. The van der Waals surface area contributed by atoms with E-state index >= 15 is 0 Å². The number of rotatable bonds is 1. The van der Waals surface area contributed by atoms with Crippen molar-refractivity contribution in [3.63, 3.8) is 0 Å². The summed E-state index contributed by atoms with van der Waals surface area (Å²) >= 11 is 0. The number of anilines is 1. The Bertz CT molecular complexity index is 1040. The van der Waals surface area contributed by atoms with Crippen LogP contribution in [0.15, 0.2) is 36.2 Å². The summed E-state index contributed by atoms with van der Waals surface area (Å²) in [6.45, 7) is 4.65. The van der Waals surface area contributed by atoms with Crippen molar-refractivity contribution in [1.82, 2.24) is 10.3 Å². The first kappa shape index (κ1) is 23.9. The molecule has 1 aliphatic heterocycles. The molecule has 0 saturated heterocycles. The highest BCUT2D eigenvalue weighted by atomic mass is 19.1. The fourth-order valence-electron chi connectivity index (χ4n) is 3.39. The molecule has 162 valence electrons. The third-order valence-corrected chi connectivity index (χ3v) is 4.92. The quantitative estimate of drug-likeness (QED) is 0.411. The standard InChI is InChI=1S/C20H21BFN5O2.C2H6/c1-11-15-8-14(22)4-3-12(15)5-6-21(28)19(24)18(16(9-23)26-2)13-7-17(29-11)20(25)27-10-13;1-2/h3-4,7-8,10-11,24,26,28H,5-6H2,1-2H3,(H2,25,27);1-2H3/b18-16-,24-19?;. The molecule has 2 aromatic rings. The van der Waals surface area contributed by atoms with Crippen molar-refractivity contribution in [2.45, 2.75) is 39.6 Å². The second-order valence-electron chi connectivity index (χ2n) is 6.79. The Balaban J connectivity index is 0.00000166. The smallest absolute Gasteiger partial charge is 0.344 e. The second kappa shape index (κ2) is 10.6. The number of pyridine rings is 1. The SMILES string of the molecule is CC.CN/C(C#N)=C1\C(=N)B(O)CCc2ccc(F)cc2C(C)Oc2cc1cnc2N. The number of hydrogen-bond acceptors (Lipinski definition) is 7. The highest BCUT2D eigenvalue weighted by Gasteiger charge is 2.27. The van der Waals surface area contributed by atoms with Gasteiger partial charge in [-0.05, 0) is 49.0 Å². The molecular weight excluding hydrogens is 396 g/mol. The van der Waals surface area contributed by atoms with Gasteiger partial charge in [0.2, 0.25) is 0 Å². The van der Waals surface area contributed by atoms with Crippen LogP contribution in [0.3, 0.4) is 0 Å². The van der Waals surface area contributed by atoms with Gasteiger partial charge in [-0.3, -0.25) is 0 Å². The summed E-state index contributed by atoms with van der Waals surface area (Å²) in [5.41, 5.74) is 8.05. The predicted octanol–water partition coefficient (Wildman–Crippen LogP) is 3.52. The van der Waals surface area contributed by atoms with E-state index in [-0.39, 0.29) is 34.8 Å². The molecule has 0 radical (unpaired) electrons. The van der Waals surface area contributed by atoms with Gasteiger partial charge in [0.05, 0.1) is 0 Å². The van der Waals surface area contributed by atoms with Gasteiger partial charge in [0, 0.05) is 30.0 Å². The molecule has 31 heavy (non-hydrogen) atoms. The number of allylic oxidation sites excluding steroid dienone is 2. The summed E-state index contributed by atoms with van der Waals surface area (Å²) < 4.78 is 19.8. The van der Waals surface area contributed by atoms with Crippen LogP contribution >= 0.6 is 0 Å². The summed E-state index contributed by atoms with van der Waals surface area (Å²) in [6, 6.07) is 7.99. The minimum Gasteiger partial charge on any atom is -0.482 e. The number of ether oxygens (including phenoxy) is 1. The summed E-state index contributed by atoms with van der Waals surface area (Å²) in [7, 11) is 1.57. The highest BCUT2D eigenvalue weighted by Crippen LogP contribution is 2.33. The number of halogens is 1.